The Balaban J connectivity index is 2.41. The van der Waals surface area contributed by atoms with Gasteiger partial charge < -0.3 is 5.11 Å². The van der Waals surface area contributed by atoms with Gasteiger partial charge in [-0.05, 0) is 35.8 Å². The van der Waals surface area contributed by atoms with Crippen LogP contribution in [0.15, 0.2) is 23.3 Å². The van der Waals surface area contributed by atoms with Gasteiger partial charge >= 0.3 is 0 Å². The van der Waals surface area contributed by atoms with E-state index in [9.17, 15) is 5.11 Å². The van der Waals surface area contributed by atoms with E-state index in [1.54, 1.807) is 0 Å². The Labute approximate surface area is 73.8 Å². The second kappa shape index (κ2) is 2.46. The zero-order chi connectivity index (χ0) is 8.77. The van der Waals surface area contributed by atoms with Gasteiger partial charge in [0.1, 0.15) is 0 Å². The minimum atomic E-state index is -0.167. The molecule has 12 heavy (non-hydrogen) atoms. The molecule has 1 atom stereocenters. The quantitative estimate of drug-likeness (QED) is 0.583. The zero-order valence-corrected chi connectivity index (χ0v) is 7.80. The summed E-state index contributed by atoms with van der Waals surface area (Å²) < 4.78 is 0. The molecule has 0 bridgehead atoms. The summed E-state index contributed by atoms with van der Waals surface area (Å²) >= 11 is 0. The van der Waals surface area contributed by atoms with Crippen LogP contribution in [-0.2, 0) is 0 Å². The third-order valence-corrected chi connectivity index (χ3v) is 3.05. The number of aliphatic hydroxyl groups excluding tert-OH is 1. The van der Waals surface area contributed by atoms with Crippen LogP contribution >= 0.6 is 0 Å². The molecule has 0 aromatic rings. The Morgan fingerprint density at radius 2 is 2.25 bits per heavy atom. The van der Waals surface area contributed by atoms with Gasteiger partial charge in [-0.15, -0.1) is 0 Å². The highest BCUT2D eigenvalue weighted by atomic mass is 16.3. The van der Waals surface area contributed by atoms with E-state index in [1.807, 2.05) is 0 Å². The zero-order valence-electron chi connectivity index (χ0n) is 7.80. The van der Waals surface area contributed by atoms with Crippen molar-refractivity contribution in [1.29, 1.82) is 0 Å². The fourth-order valence-corrected chi connectivity index (χ4v) is 2.40. The van der Waals surface area contributed by atoms with Crippen LogP contribution in [0.2, 0.25) is 0 Å². The van der Waals surface area contributed by atoms with Crippen LogP contribution in [0.4, 0.5) is 0 Å². The van der Waals surface area contributed by atoms with E-state index in [4.69, 9.17) is 0 Å². The molecule has 66 valence electrons. The standard InChI is InChI=1S/C11H16O/c1-11(2)7-10(12)8-5-3-4-6-9(8)11/h4,6,10,12H,3,5,7H2,1-2H3. The minimum Gasteiger partial charge on any atom is -0.389 e. The van der Waals surface area contributed by atoms with E-state index in [-0.39, 0.29) is 11.5 Å². The van der Waals surface area contributed by atoms with E-state index >= 15 is 0 Å². The van der Waals surface area contributed by atoms with Crippen molar-refractivity contribution < 1.29 is 5.11 Å². The van der Waals surface area contributed by atoms with Crippen LogP contribution in [0.25, 0.3) is 0 Å². The lowest BCUT2D eigenvalue weighted by Gasteiger charge is -2.21. The van der Waals surface area contributed by atoms with Gasteiger partial charge in [0.25, 0.3) is 0 Å². The van der Waals surface area contributed by atoms with Gasteiger partial charge in [-0.2, -0.15) is 0 Å². The largest absolute Gasteiger partial charge is 0.389 e. The van der Waals surface area contributed by atoms with Gasteiger partial charge in [0.15, 0.2) is 0 Å². The second-order valence-corrected chi connectivity index (χ2v) is 4.48. The van der Waals surface area contributed by atoms with Crippen LogP contribution in [0.3, 0.4) is 0 Å². The maximum absolute atomic E-state index is 9.77. The molecule has 2 aliphatic carbocycles. The molecular formula is C11H16O. The molecule has 0 fully saturated rings. The van der Waals surface area contributed by atoms with Gasteiger partial charge in [-0.1, -0.05) is 26.0 Å². The summed E-state index contributed by atoms with van der Waals surface area (Å²) in [5.41, 5.74) is 2.88. The predicted molar refractivity (Wildman–Crippen MR) is 49.8 cm³/mol. The molecule has 1 unspecified atom stereocenters. The summed E-state index contributed by atoms with van der Waals surface area (Å²) in [5, 5.41) is 9.77. The van der Waals surface area contributed by atoms with Crippen molar-refractivity contribution in [3.05, 3.63) is 23.3 Å². The molecule has 0 aromatic carbocycles. The van der Waals surface area contributed by atoms with Gasteiger partial charge in [-0.3, -0.25) is 0 Å². The summed E-state index contributed by atoms with van der Waals surface area (Å²) in [7, 11) is 0. The lowest BCUT2D eigenvalue weighted by Crippen LogP contribution is -2.11. The van der Waals surface area contributed by atoms with Crippen LogP contribution in [-0.4, -0.2) is 11.2 Å². The van der Waals surface area contributed by atoms with E-state index < -0.39 is 0 Å². The van der Waals surface area contributed by atoms with Crippen molar-refractivity contribution in [2.45, 2.75) is 39.2 Å². The second-order valence-electron chi connectivity index (χ2n) is 4.48. The average molecular weight is 164 g/mol. The minimum absolute atomic E-state index is 0.167. The number of aliphatic hydroxyl groups is 1. The Morgan fingerprint density at radius 3 is 2.92 bits per heavy atom. The SMILES string of the molecule is CC1(C)CC(O)C2=C1C=CCC2. The summed E-state index contributed by atoms with van der Waals surface area (Å²) in [6.07, 6.45) is 7.33. The van der Waals surface area contributed by atoms with E-state index in [1.165, 1.54) is 11.1 Å². The molecule has 0 aliphatic heterocycles. The van der Waals surface area contributed by atoms with Crippen molar-refractivity contribution in [2.75, 3.05) is 0 Å². The molecule has 0 amide bonds. The molecule has 2 rings (SSSR count). The normalized spacial score (nSPS) is 32.4. The summed E-state index contributed by atoms with van der Waals surface area (Å²) in [4.78, 5) is 0. The summed E-state index contributed by atoms with van der Waals surface area (Å²) in [5.74, 6) is 0. The highest BCUT2D eigenvalue weighted by Crippen LogP contribution is 2.46. The molecule has 1 heteroatoms. The van der Waals surface area contributed by atoms with Crippen LogP contribution in [0, 0.1) is 5.41 Å². The maximum atomic E-state index is 9.77. The molecular weight excluding hydrogens is 148 g/mol. The Morgan fingerprint density at radius 1 is 1.50 bits per heavy atom. The summed E-state index contributed by atoms with van der Waals surface area (Å²) in [6, 6.07) is 0. The average Bonchev–Trinajstić information content (AvgIpc) is 2.25. The van der Waals surface area contributed by atoms with E-state index in [0.717, 1.165) is 19.3 Å². The molecule has 0 spiro atoms. The molecule has 0 radical (unpaired) electrons. The number of hydrogen-bond acceptors (Lipinski definition) is 1. The fraction of sp³-hybridized carbons (Fsp3) is 0.636. The maximum Gasteiger partial charge on any atom is 0.0764 e. The first kappa shape index (κ1) is 8.06. The number of allylic oxidation sites excluding steroid dienone is 3. The van der Waals surface area contributed by atoms with Gasteiger partial charge in [-0.25, -0.2) is 0 Å². The lowest BCUT2D eigenvalue weighted by atomic mass is 9.83. The first-order valence-corrected chi connectivity index (χ1v) is 4.69. The predicted octanol–water partition coefficient (Wildman–Crippen LogP) is 2.42. The Hall–Kier alpha value is -0.560. The van der Waals surface area contributed by atoms with Crippen LogP contribution in [0.1, 0.15) is 33.1 Å². The van der Waals surface area contributed by atoms with Gasteiger partial charge in [0.05, 0.1) is 6.10 Å². The van der Waals surface area contributed by atoms with Crippen LogP contribution in [0.5, 0.6) is 0 Å². The Bertz CT molecular complexity index is 258. The lowest BCUT2D eigenvalue weighted by molar-refractivity contribution is 0.180. The smallest absolute Gasteiger partial charge is 0.0764 e. The first-order chi connectivity index (χ1) is 5.61. The van der Waals surface area contributed by atoms with Crippen molar-refractivity contribution >= 4 is 0 Å². The highest BCUT2D eigenvalue weighted by Gasteiger charge is 2.37. The van der Waals surface area contributed by atoms with Crippen molar-refractivity contribution in [3.63, 3.8) is 0 Å². The molecule has 0 saturated carbocycles. The van der Waals surface area contributed by atoms with Gasteiger partial charge in [0, 0.05) is 0 Å². The van der Waals surface area contributed by atoms with Crippen LogP contribution < -0.4 is 0 Å². The Kier molecular flexibility index (Phi) is 1.65. The molecule has 0 aromatic heterocycles. The molecule has 0 heterocycles. The monoisotopic (exact) mass is 164 g/mol. The topological polar surface area (TPSA) is 20.2 Å². The molecule has 2 aliphatic rings. The van der Waals surface area contributed by atoms with Gasteiger partial charge in [0.2, 0.25) is 0 Å². The third-order valence-electron chi connectivity index (χ3n) is 3.05. The van der Waals surface area contributed by atoms with Crippen molar-refractivity contribution in [2.24, 2.45) is 5.41 Å². The number of hydrogen-bond donors (Lipinski definition) is 1. The fourth-order valence-electron chi connectivity index (χ4n) is 2.40. The third kappa shape index (κ3) is 1.04. The molecule has 1 N–H and O–H groups in total. The highest BCUT2D eigenvalue weighted by molar-refractivity contribution is 5.40. The first-order valence-electron chi connectivity index (χ1n) is 4.69. The summed E-state index contributed by atoms with van der Waals surface area (Å²) in [6.45, 7) is 4.43. The van der Waals surface area contributed by atoms with E-state index in [0.29, 0.717) is 0 Å². The number of rotatable bonds is 0. The molecule has 1 nitrogen and oxygen atoms in total. The van der Waals surface area contributed by atoms with Crippen molar-refractivity contribution in [3.8, 4) is 0 Å². The van der Waals surface area contributed by atoms with Crippen molar-refractivity contribution in [1.82, 2.24) is 0 Å². The van der Waals surface area contributed by atoms with E-state index in [2.05, 4.69) is 26.0 Å². The molecule has 0 saturated heterocycles.